The van der Waals surface area contributed by atoms with Gasteiger partial charge in [0.25, 0.3) is 0 Å². The van der Waals surface area contributed by atoms with Crippen molar-refractivity contribution in [3.05, 3.63) is 34.8 Å². The molecule has 2 heterocycles. The van der Waals surface area contributed by atoms with Crippen molar-refractivity contribution < 1.29 is 14.4 Å². The molecule has 0 aromatic carbocycles. The van der Waals surface area contributed by atoms with Gasteiger partial charge in [-0.2, -0.15) is 0 Å². The van der Waals surface area contributed by atoms with Gasteiger partial charge in [0, 0.05) is 24.4 Å². The minimum Gasteiger partial charge on any atom is -0.477 e. The van der Waals surface area contributed by atoms with Crippen LogP contribution in [0.3, 0.4) is 0 Å². The molecule has 2 rings (SSSR count). The summed E-state index contributed by atoms with van der Waals surface area (Å²) in [4.78, 5) is 15.0. The van der Waals surface area contributed by atoms with Gasteiger partial charge >= 0.3 is 5.97 Å². The smallest absolute Gasteiger partial charge is 0.341 e. The van der Waals surface area contributed by atoms with Gasteiger partial charge in [0.05, 0.1) is 5.02 Å². The summed E-state index contributed by atoms with van der Waals surface area (Å²) < 4.78 is 5.01. The predicted molar refractivity (Wildman–Crippen MR) is 61.1 cm³/mol. The SMILES string of the molecule is CCc1onc(-c2ccncc2Cl)c1C(=O)O. The van der Waals surface area contributed by atoms with E-state index in [9.17, 15) is 4.79 Å². The molecule has 0 spiro atoms. The maximum atomic E-state index is 11.2. The summed E-state index contributed by atoms with van der Waals surface area (Å²) >= 11 is 5.95. The average Bonchev–Trinajstić information content (AvgIpc) is 2.73. The van der Waals surface area contributed by atoms with E-state index in [4.69, 9.17) is 21.2 Å². The molecule has 0 saturated heterocycles. The second-order valence-electron chi connectivity index (χ2n) is 3.34. The van der Waals surface area contributed by atoms with Gasteiger partial charge in [-0.05, 0) is 6.07 Å². The highest BCUT2D eigenvalue weighted by atomic mass is 35.5. The van der Waals surface area contributed by atoms with E-state index >= 15 is 0 Å². The number of aromatic carboxylic acids is 1. The lowest BCUT2D eigenvalue weighted by atomic mass is 10.1. The molecule has 0 atom stereocenters. The number of pyridine rings is 1. The summed E-state index contributed by atoms with van der Waals surface area (Å²) in [7, 11) is 0. The first kappa shape index (κ1) is 11.6. The highest BCUT2D eigenvalue weighted by molar-refractivity contribution is 6.33. The Morgan fingerprint density at radius 1 is 1.59 bits per heavy atom. The zero-order valence-corrected chi connectivity index (χ0v) is 9.73. The molecule has 0 radical (unpaired) electrons. The molecule has 5 nitrogen and oxygen atoms in total. The van der Waals surface area contributed by atoms with Crippen molar-refractivity contribution in [2.24, 2.45) is 0 Å². The van der Waals surface area contributed by atoms with Crippen LogP contribution in [0.4, 0.5) is 0 Å². The predicted octanol–water partition coefficient (Wildman–Crippen LogP) is 2.65. The lowest BCUT2D eigenvalue weighted by Gasteiger charge is -2.00. The van der Waals surface area contributed by atoms with Crippen LogP contribution in [-0.2, 0) is 6.42 Å². The fraction of sp³-hybridized carbons (Fsp3) is 0.182. The average molecular weight is 253 g/mol. The molecule has 0 amide bonds. The van der Waals surface area contributed by atoms with E-state index in [2.05, 4.69) is 10.1 Å². The molecule has 0 unspecified atom stereocenters. The van der Waals surface area contributed by atoms with E-state index in [1.165, 1.54) is 12.4 Å². The molecule has 0 aliphatic rings. The van der Waals surface area contributed by atoms with Gasteiger partial charge < -0.3 is 9.63 Å². The minimum atomic E-state index is -1.08. The fourth-order valence-corrected chi connectivity index (χ4v) is 1.75. The molecule has 1 N–H and O–H groups in total. The van der Waals surface area contributed by atoms with Crippen LogP contribution < -0.4 is 0 Å². The number of hydrogen-bond acceptors (Lipinski definition) is 4. The summed E-state index contributed by atoms with van der Waals surface area (Å²) in [6, 6.07) is 1.60. The molecule has 0 saturated carbocycles. The maximum Gasteiger partial charge on any atom is 0.341 e. The fourth-order valence-electron chi connectivity index (χ4n) is 1.54. The topological polar surface area (TPSA) is 76.2 Å². The first-order chi connectivity index (χ1) is 8.15. The molecule has 88 valence electrons. The Morgan fingerprint density at radius 2 is 2.35 bits per heavy atom. The molecule has 0 aliphatic carbocycles. The largest absolute Gasteiger partial charge is 0.477 e. The van der Waals surface area contributed by atoms with Crippen molar-refractivity contribution >= 4 is 17.6 Å². The van der Waals surface area contributed by atoms with Crippen LogP contribution >= 0.6 is 11.6 Å². The number of carboxylic acid groups (broad SMARTS) is 1. The van der Waals surface area contributed by atoms with E-state index in [1.54, 1.807) is 13.0 Å². The van der Waals surface area contributed by atoms with Gasteiger partial charge in [-0.15, -0.1) is 0 Å². The first-order valence-corrected chi connectivity index (χ1v) is 5.34. The molecular formula is C11H9ClN2O3. The monoisotopic (exact) mass is 252 g/mol. The molecular weight excluding hydrogens is 244 g/mol. The Kier molecular flexibility index (Phi) is 3.10. The third kappa shape index (κ3) is 2.01. The minimum absolute atomic E-state index is 0.0561. The van der Waals surface area contributed by atoms with Crippen LogP contribution in [0.25, 0.3) is 11.3 Å². The van der Waals surface area contributed by atoms with Crippen LogP contribution in [0.15, 0.2) is 23.0 Å². The number of carbonyl (C=O) groups is 1. The summed E-state index contributed by atoms with van der Waals surface area (Å²) in [6.45, 7) is 1.80. The Morgan fingerprint density at radius 3 is 2.94 bits per heavy atom. The zero-order chi connectivity index (χ0) is 12.4. The van der Waals surface area contributed by atoms with E-state index in [1.807, 2.05) is 0 Å². The maximum absolute atomic E-state index is 11.2. The molecule has 2 aromatic heterocycles. The van der Waals surface area contributed by atoms with Gasteiger partial charge in [-0.1, -0.05) is 23.7 Å². The van der Waals surface area contributed by atoms with Gasteiger partial charge in [0.1, 0.15) is 11.3 Å². The summed E-state index contributed by atoms with van der Waals surface area (Å²) in [5.41, 5.74) is 0.796. The van der Waals surface area contributed by atoms with Crippen LogP contribution in [-0.4, -0.2) is 21.2 Å². The van der Waals surface area contributed by atoms with Crippen LogP contribution in [0.2, 0.25) is 5.02 Å². The van der Waals surface area contributed by atoms with E-state index < -0.39 is 5.97 Å². The van der Waals surface area contributed by atoms with Crippen molar-refractivity contribution in [3.8, 4) is 11.3 Å². The van der Waals surface area contributed by atoms with E-state index in [0.29, 0.717) is 22.8 Å². The van der Waals surface area contributed by atoms with Crippen LogP contribution in [0.1, 0.15) is 23.0 Å². The number of rotatable bonds is 3. The number of aryl methyl sites for hydroxylation is 1. The Hall–Kier alpha value is -1.88. The molecule has 0 aliphatic heterocycles. The van der Waals surface area contributed by atoms with Crippen molar-refractivity contribution in [2.75, 3.05) is 0 Å². The second-order valence-corrected chi connectivity index (χ2v) is 3.75. The zero-order valence-electron chi connectivity index (χ0n) is 8.98. The van der Waals surface area contributed by atoms with Crippen molar-refractivity contribution in [3.63, 3.8) is 0 Å². The molecule has 6 heteroatoms. The number of halogens is 1. The lowest BCUT2D eigenvalue weighted by molar-refractivity contribution is 0.0695. The van der Waals surface area contributed by atoms with Gasteiger partial charge in [-0.3, -0.25) is 4.98 Å². The standard InChI is InChI=1S/C11H9ClN2O3/c1-2-8-9(11(15)16)10(14-17-8)6-3-4-13-5-7(6)12/h3-5H,2H2,1H3,(H,15,16). The van der Waals surface area contributed by atoms with Crippen molar-refractivity contribution in [2.45, 2.75) is 13.3 Å². The van der Waals surface area contributed by atoms with E-state index in [0.717, 1.165) is 0 Å². The molecule has 0 fully saturated rings. The summed E-state index contributed by atoms with van der Waals surface area (Å²) in [5, 5.41) is 13.3. The first-order valence-electron chi connectivity index (χ1n) is 4.96. The van der Waals surface area contributed by atoms with E-state index in [-0.39, 0.29) is 11.3 Å². The van der Waals surface area contributed by atoms with Gasteiger partial charge in [0.15, 0.2) is 5.76 Å². The Labute approximate surface area is 102 Å². The Bertz CT molecular complexity index is 566. The molecule has 0 bridgehead atoms. The number of hydrogen-bond donors (Lipinski definition) is 1. The van der Waals surface area contributed by atoms with Crippen LogP contribution in [0, 0.1) is 0 Å². The molecule has 2 aromatic rings. The lowest BCUT2D eigenvalue weighted by Crippen LogP contribution is -2.01. The number of carboxylic acids is 1. The second kappa shape index (κ2) is 4.55. The number of nitrogens with zero attached hydrogens (tertiary/aromatic N) is 2. The summed E-state index contributed by atoms with van der Waals surface area (Å²) in [6.07, 6.45) is 3.41. The third-order valence-electron chi connectivity index (χ3n) is 2.33. The van der Waals surface area contributed by atoms with Crippen molar-refractivity contribution in [1.82, 2.24) is 10.1 Å². The van der Waals surface area contributed by atoms with Crippen LogP contribution in [0.5, 0.6) is 0 Å². The number of aromatic nitrogens is 2. The molecule has 17 heavy (non-hydrogen) atoms. The normalized spacial score (nSPS) is 10.5. The van der Waals surface area contributed by atoms with Gasteiger partial charge in [-0.25, -0.2) is 4.79 Å². The quantitative estimate of drug-likeness (QED) is 0.909. The summed E-state index contributed by atoms with van der Waals surface area (Å²) in [5.74, 6) is -0.744. The highest BCUT2D eigenvalue weighted by Crippen LogP contribution is 2.30. The third-order valence-corrected chi connectivity index (χ3v) is 2.63. The van der Waals surface area contributed by atoms with Crippen molar-refractivity contribution in [1.29, 1.82) is 0 Å². The van der Waals surface area contributed by atoms with Gasteiger partial charge in [0.2, 0.25) is 0 Å². The highest BCUT2D eigenvalue weighted by Gasteiger charge is 2.23. The Balaban J connectivity index is 2.64.